The Balaban J connectivity index is 1.94. The molecule has 0 aliphatic rings. The smallest absolute Gasteiger partial charge is 0.434 e. The summed E-state index contributed by atoms with van der Waals surface area (Å²) >= 11 is 0. The van der Waals surface area contributed by atoms with Gasteiger partial charge >= 0.3 is 6.09 Å². The normalized spacial score (nSPS) is 11.9. The number of benzene rings is 1. The molecule has 146 valence electrons. The summed E-state index contributed by atoms with van der Waals surface area (Å²) in [5, 5.41) is 6.29. The zero-order valence-electron chi connectivity index (χ0n) is 16.5. The zero-order chi connectivity index (χ0) is 19.9. The Bertz CT molecular complexity index is 1050. The van der Waals surface area contributed by atoms with Crippen molar-refractivity contribution in [3.8, 4) is 0 Å². The van der Waals surface area contributed by atoms with E-state index in [1.54, 1.807) is 6.08 Å². The first kappa shape index (κ1) is 19.7. The third-order valence-electron chi connectivity index (χ3n) is 4.43. The van der Waals surface area contributed by atoms with Crippen LogP contribution < -0.4 is 10.7 Å². The fourth-order valence-electron chi connectivity index (χ4n) is 3.05. The predicted molar refractivity (Wildman–Crippen MR) is 115 cm³/mol. The van der Waals surface area contributed by atoms with E-state index in [4.69, 9.17) is 4.74 Å². The standard InChI is InChI=1S/C23H27N3O2/c1-4-5-6-13-28-23(27)25-17-9-7-10-18-19-11-8-12-20(24-15-16(2)3)22(19)26-21(18)14-17/h4,7-12,14,16,24,26H,1,5-6,13,15H2,2-3H3. The number of allylic oxidation sites excluding steroid dienone is 1. The van der Waals surface area contributed by atoms with Gasteiger partial charge in [-0.25, -0.2) is 4.79 Å². The Morgan fingerprint density at radius 1 is 1.25 bits per heavy atom. The number of carbonyl (C=O) groups excluding carboxylic acids is 1. The molecule has 1 heterocycles. The van der Waals surface area contributed by atoms with Crippen LogP contribution in [-0.2, 0) is 4.74 Å². The topological polar surface area (TPSA) is 66.5 Å². The molecule has 0 bridgehead atoms. The molecule has 2 N–H and O–H groups in total. The second-order valence-corrected chi connectivity index (χ2v) is 7.21. The van der Waals surface area contributed by atoms with E-state index in [0.29, 0.717) is 17.9 Å². The average molecular weight is 377 g/mol. The summed E-state index contributed by atoms with van der Waals surface area (Å²) in [6.45, 7) is 9.27. The maximum atomic E-state index is 12.0. The van der Waals surface area contributed by atoms with E-state index in [-0.39, 0.29) is 0 Å². The van der Waals surface area contributed by atoms with E-state index in [1.165, 1.54) is 0 Å². The minimum atomic E-state index is -0.571. The molecule has 3 rings (SSSR count). The number of nitrogens with one attached hydrogen (secondary N) is 2. The van der Waals surface area contributed by atoms with Crippen molar-refractivity contribution in [2.45, 2.75) is 26.7 Å². The van der Waals surface area contributed by atoms with Crippen molar-refractivity contribution in [3.63, 3.8) is 0 Å². The van der Waals surface area contributed by atoms with Gasteiger partial charge in [0, 0.05) is 22.8 Å². The quantitative estimate of drug-likeness (QED) is 0.428. The summed E-state index contributed by atoms with van der Waals surface area (Å²) in [5.41, 5.74) is 3.06. The largest absolute Gasteiger partial charge is 0.448 e. The molecule has 0 saturated heterocycles. The molecule has 0 saturated carbocycles. The maximum Gasteiger partial charge on any atom is 0.434 e. The van der Waals surface area contributed by atoms with E-state index in [9.17, 15) is 4.79 Å². The summed E-state index contributed by atoms with van der Waals surface area (Å²) in [6.07, 6.45) is 2.81. The Morgan fingerprint density at radius 2 is 2.04 bits per heavy atom. The van der Waals surface area contributed by atoms with Crippen molar-refractivity contribution < 1.29 is 9.53 Å². The van der Waals surface area contributed by atoms with Gasteiger partial charge in [0.05, 0.1) is 23.2 Å². The van der Waals surface area contributed by atoms with Gasteiger partial charge in [-0.3, -0.25) is 0 Å². The Labute approximate surface area is 165 Å². The van der Waals surface area contributed by atoms with E-state index in [0.717, 1.165) is 46.9 Å². The van der Waals surface area contributed by atoms with Crippen LogP contribution in [0.5, 0.6) is 0 Å². The average Bonchev–Trinajstić information content (AvgIpc) is 2.89. The number of hydrogen-bond donors (Lipinski definition) is 2. The molecule has 0 atom stereocenters. The number of nitrogens with zero attached hydrogens (tertiary/aromatic N) is 1. The molecule has 0 aliphatic carbocycles. The Kier molecular flexibility index (Phi) is 6.48. The van der Waals surface area contributed by atoms with Crippen molar-refractivity contribution in [1.82, 2.24) is 4.98 Å². The van der Waals surface area contributed by atoms with Crippen LogP contribution in [-0.4, -0.2) is 24.2 Å². The van der Waals surface area contributed by atoms with E-state index >= 15 is 0 Å². The van der Waals surface area contributed by atoms with E-state index in [2.05, 4.69) is 53.9 Å². The minimum absolute atomic E-state index is 0.347. The minimum Gasteiger partial charge on any atom is -0.448 e. The van der Waals surface area contributed by atoms with Crippen LogP contribution in [0.1, 0.15) is 26.7 Å². The number of aromatic amines is 1. The van der Waals surface area contributed by atoms with Gasteiger partial charge in [-0.1, -0.05) is 44.2 Å². The van der Waals surface area contributed by atoms with Crippen LogP contribution in [0.2, 0.25) is 0 Å². The van der Waals surface area contributed by atoms with Crippen LogP contribution in [0.4, 0.5) is 10.5 Å². The third-order valence-corrected chi connectivity index (χ3v) is 4.43. The summed E-state index contributed by atoms with van der Waals surface area (Å²) in [7, 11) is 0. The molecule has 1 aromatic heterocycles. The van der Waals surface area contributed by atoms with Gasteiger partial charge in [0.15, 0.2) is 0 Å². The lowest BCUT2D eigenvalue weighted by atomic mass is 10.1. The monoisotopic (exact) mass is 377 g/mol. The summed E-state index contributed by atoms with van der Waals surface area (Å²) in [6, 6.07) is 13.9. The highest BCUT2D eigenvalue weighted by molar-refractivity contribution is 6.10. The number of H-pyrrole nitrogens is 1. The number of unbranched alkanes of at least 4 members (excludes halogenated alkanes) is 1. The van der Waals surface area contributed by atoms with Gasteiger partial charge in [-0.15, -0.1) is 6.58 Å². The molecule has 0 radical (unpaired) electrons. The maximum absolute atomic E-state index is 12.0. The number of anilines is 1. The number of rotatable bonds is 7. The SMILES string of the molecule is C=CCCCOC(=O)N=c1cccc2c(c1)[nH]c1c(NCC(C)C)cccc12. The molecule has 1 amide bonds. The first-order valence-corrected chi connectivity index (χ1v) is 9.69. The van der Waals surface area contributed by atoms with Gasteiger partial charge in [0.2, 0.25) is 0 Å². The molecule has 5 nitrogen and oxygen atoms in total. The molecule has 28 heavy (non-hydrogen) atoms. The Morgan fingerprint density at radius 3 is 2.82 bits per heavy atom. The number of fused-ring (bicyclic) bond motifs is 3. The lowest BCUT2D eigenvalue weighted by Gasteiger charge is -2.09. The number of carbonyl (C=O) groups is 1. The van der Waals surface area contributed by atoms with Gasteiger partial charge in [-0.05, 0) is 37.0 Å². The van der Waals surface area contributed by atoms with Crippen molar-refractivity contribution in [3.05, 3.63) is 60.5 Å². The van der Waals surface area contributed by atoms with Crippen LogP contribution >= 0.6 is 0 Å². The highest BCUT2D eigenvalue weighted by atomic mass is 16.5. The molecular formula is C23H27N3O2. The van der Waals surface area contributed by atoms with Crippen LogP contribution in [0.3, 0.4) is 0 Å². The highest BCUT2D eigenvalue weighted by Crippen LogP contribution is 2.29. The lowest BCUT2D eigenvalue weighted by molar-refractivity contribution is 0.155. The highest BCUT2D eigenvalue weighted by Gasteiger charge is 2.08. The fraction of sp³-hybridized carbons (Fsp3) is 0.304. The van der Waals surface area contributed by atoms with Crippen LogP contribution in [0.15, 0.2) is 60.1 Å². The van der Waals surface area contributed by atoms with Crippen molar-refractivity contribution >= 4 is 33.6 Å². The lowest BCUT2D eigenvalue weighted by Crippen LogP contribution is -2.08. The van der Waals surface area contributed by atoms with Gasteiger partial charge in [-0.2, -0.15) is 4.99 Å². The van der Waals surface area contributed by atoms with Crippen LogP contribution in [0, 0.1) is 5.92 Å². The number of ether oxygens (including phenoxy) is 1. The number of hydrogen-bond acceptors (Lipinski definition) is 3. The van der Waals surface area contributed by atoms with E-state index in [1.807, 2.05) is 24.3 Å². The summed E-state index contributed by atoms with van der Waals surface area (Å²) < 4.78 is 5.15. The molecule has 0 fully saturated rings. The molecule has 5 heteroatoms. The van der Waals surface area contributed by atoms with E-state index < -0.39 is 6.09 Å². The first-order valence-electron chi connectivity index (χ1n) is 9.69. The van der Waals surface area contributed by atoms with Gasteiger partial charge in [0.1, 0.15) is 0 Å². The third kappa shape index (κ3) is 4.80. The summed E-state index contributed by atoms with van der Waals surface area (Å²) in [5.74, 6) is 0.556. The Hall–Kier alpha value is -3.08. The molecule has 0 spiro atoms. The number of aromatic nitrogens is 1. The van der Waals surface area contributed by atoms with Crippen molar-refractivity contribution in [1.29, 1.82) is 0 Å². The predicted octanol–water partition coefficient (Wildman–Crippen LogP) is 5.39. The zero-order valence-corrected chi connectivity index (χ0v) is 16.5. The second kappa shape index (κ2) is 9.22. The van der Waals surface area contributed by atoms with Gasteiger partial charge < -0.3 is 15.0 Å². The van der Waals surface area contributed by atoms with Gasteiger partial charge in [0.25, 0.3) is 0 Å². The number of amides is 1. The molecule has 3 aromatic rings. The first-order chi connectivity index (χ1) is 13.6. The molecule has 0 unspecified atom stereocenters. The van der Waals surface area contributed by atoms with Crippen molar-refractivity contribution in [2.75, 3.05) is 18.5 Å². The second-order valence-electron chi connectivity index (χ2n) is 7.21. The van der Waals surface area contributed by atoms with Crippen molar-refractivity contribution in [2.24, 2.45) is 10.9 Å². The fourth-order valence-corrected chi connectivity index (χ4v) is 3.05. The summed E-state index contributed by atoms with van der Waals surface area (Å²) in [4.78, 5) is 19.5. The number of para-hydroxylation sites is 1. The molecular weight excluding hydrogens is 350 g/mol. The molecule has 0 aliphatic heterocycles. The van der Waals surface area contributed by atoms with Crippen LogP contribution in [0.25, 0.3) is 21.8 Å². The molecule has 2 aromatic carbocycles.